The molecule has 6 atom stereocenters. The van der Waals surface area contributed by atoms with Crippen LogP contribution in [0.5, 0.6) is 0 Å². The van der Waals surface area contributed by atoms with Crippen molar-refractivity contribution in [3.05, 3.63) is 22.5 Å². The Labute approximate surface area is 180 Å². The normalized spacial score (nSPS) is 30.1. The van der Waals surface area contributed by atoms with Crippen molar-refractivity contribution in [3.8, 4) is 0 Å². The Bertz CT molecular complexity index is 1070. The third-order valence-corrected chi connectivity index (χ3v) is 8.03. The highest BCUT2D eigenvalue weighted by atomic mass is 35.5. The molecule has 1 aliphatic rings. The number of aliphatic hydroxyl groups is 1. The second kappa shape index (κ2) is 9.43. The van der Waals surface area contributed by atoms with E-state index in [0.717, 1.165) is 0 Å². The first-order valence-electron chi connectivity index (χ1n) is 7.80. The molecule has 184 valence electrons. The van der Waals surface area contributed by atoms with Gasteiger partial charge >= 0.3 is 29.2 Å². The number of rotatable bonds is 9. The highest BCUT2D eigenvalue weighted by molar-refractivity contribution is 7.66. The summed E-state index contributed by atoms with van der Waals surface area (Å²) in [5, 5.41) is 10.2. The van der Waals surface area contributed by atoms with Crippen molar-refractivity contribution < 1.29 is 65.0 Å². The lowest BCUT2D eigenvalue weighted by molar-refractivity contribution is -0.113. The summed E-state index contributed by atoms with van der Waals surface area (Å²) < 4.78 is 78.9. The van der Waals surface area contributed by atoms with Gasteiger partial charge in [-0.15, -0.1) is 11.6 Å². The molecule has 0 saturated carbocycles. The third-order valence-electron chi connectivity index (χ3n) is 3.79. The second-order valence-corrected chi connectivity index (χ2v) is 10.8. The number of hydrogen-bond donors (Lipinski definition) is 6. The van der Waals surface area contributed by atoms with E-state index in [1.54, 1.807) is 0 Å². The van der Waals surface area contributed by atoms with Gasteiger partial charge in [0.05, 0.1) is 18.7 Å². The molecule has 0 bridgehead atoms. The Hall–Kier alpha value is -0.840. The van der Waals surface area contributed by atoms with Crippen LogP contribution in [-0.4, -0.2) is 64.6 Å². The van der Waals surface area contributed by atoms with Crippen LogP contribution in [0.15, 0.2) is 11.0 Å². The maximum Gasteiger partial charge on any atom is 0.490 e. The van der Waals surface area contributed by atoms with Gasteiger partial charge in [0.15, 0.2) is 24.0 Å². The quantitative estimate of drug-likeness (QED) is 0.167. The van der Waals surface area contributed by atoms with E-state index in [4.69, 9.17) is 36.8 Å². The fraction of sp³-hybridized carbons (Fsp3) is 0.600. The number of anilines is 1. The predicted octanol–water partition coefficient (Wildman–Crippen LogP) is -0.487. The average Bonchev–Trinajstić information content (AvgIpc) is 2.85. The summed E-state index contributed by atoms with van der Waals surface area (Å²) in [4.78, 5) is 50.5. The standard InChI is InChI=1S/C10H15ClF2N3O13P3/c11-2-10(3-26-31(22,23)29-32(24,25)28-30(19,20)21)6(17)5(13)8(27-10)16-1-4(12)7(14)15-9(16)18/h1,5-6,8,17H,2-3H2,(H,22,23)(H,24,25)(H2,14,15,18)(H2,19,20,21)/t5-,6+,8-,10-/m1/s1. The van der Waals surface area contributed by atoms with Crippen molar-refractivity contribution in [3.63, 3.8) is 0 Å². The van der Waals surface area contributed by atoms with Crippen LogP contribution in [0.3, 0.4) is 0 Å². The molecule has 0 spiro atoms. The molecule has 2 unspecified atom stereocenters. The number of phosphoric acid groups is 3. The van der Waals surface area contributed by atoms with Gasteiger partial charge in [-0.2, -0.15) is 13.6 Å². The summed E-state index contributed by atoms with van der Waals surface area (Å²) in [7, 11) is -17.2. The maximum absolute atomic E-state index is 14.7. The summed E-state index contributed by atoms with van der Waals surface area (Å²) in [6.45, 7) is -1.34. The minimum Gasteiger partial charge on any atom is -0.387 e. The zero-order valence-electron chi connectivity index (χ0n) is 15.2. The molecule has 22 heteroatoms. The first kappa shape index (κ1) is 27.4. The molecule has 1 fully saturated rings. The summed E-state index contributed by atoms with van der Waals surface area (Å²) in [6.07, 6.45) is -6.42. The number of aliphatic hydroxyl groups excluding tert-OH is 1. The van der Waals surface area contributed by atoms with E-state index < -0.39 is 77.4 Å². The second-order valence-electron chi connectivity index (χ2n) is 6.12. The lowest BCUT2D eigenvalue weighted by Crippen LogP contribution is -2.47. The number of ether oxygens (including phenoxy) is 1. The molecule has 7 N–H and O–H groups in total. The van der Waals surface area contributed by atoms with Gasteiger partial charge in [0.1, 0.15) is 11.7 Å². The molecule has 2 rings (SSSR count). The van der Waals surface area contributed by atoms with Crippen LogP contribution in [0.25, 0.3) is 0 Å². The van der Waals surface area contributed by atoms with E-state index in [0.29, 0.717) is 6.20 Å². The number of nitrogen functional groups attached to an aromatic ring is 1. The van der Waals surface area contributed by atoms with Crippen LogP contribution in [0.2, 0.25) is 0 Å². The number of aromatic nitrogens is 2. The Morgan fingerprint density at radius 3 is 2.38 bits per heavy atom. The van der Waals surface area contributed by atoms with Crippen molar-refractivity contribution in [2.45, 2.75) is 24.1 Å². The van der Waals surface area contributed by atoms with E-state index in [2.05, 4.69) is 18.1 Å². The number of nitrogens with two attached hydrogens (primary N) is 1. The van der Waals surface area contributed by atoms with E-state index in [1.807, 2.05) is 0 Å². The zero-order valence-corrected chi connectivity index (χ0v) is 18.6. The van der Waals surface area contributed by atoms with Gasteiger partial charge in [-0.25, -0.2) is 27.3 Å². The number of nitrogens with zero attached hydrogens (tertiary/aromatic N) is 2. The van der Waals surface area contributed by atoms with Gasteiger partial charge < -0.3 is 35.2 Å². The van der Waals surface area contributed by atoms with Crippen LogP contribution in [0.4, 0.5) is 14.6 Å². The summed E-state index contributed by atoms with van der Waals surface area (Å²) in [6, 6.07) is 0. The maximum atomic E-state index is 14.7. The molecular formula is C10H15ClF2N3O13P3. The highest BCUT2D eigenvalue weighted by Gasteiger charge is 2.57. The van der Waals surface area contributed by atoms with Crippen molar-refractivity contribution in [2.24, 2.45) is 0 Å². The van der Waals surface area contributed by atoms with Gasteiger partial charge in [0, 0.05) is 0 Å². The number of halogens is 3. The molecule has 0 aliphatic carbocycles. The summed E-state index contributed by atoms with van der Waals surface area (Å²) in [5.74, 6) is -2.93. The van der Waals surface area contributed by atoms with Crippen molar-refractivity contribution in [1.29, 1.82) is 0 Å². The van der Waals surface area contributed by atoms with E-state index >= 15 is 0 Å². The average molecular weight is 552 g/mol. The molecule has 0 amide bonds. The third kappa shape index (κ3) is 6.39. The van der Waals surface area contributed by atoms with Crippen molar-refractivity contribution in [2.75, 3.05) is 18.2 Å². The highest BCUT2D eigenvalue weighted by Crippen LogP contribution is 2.66. The first-order chi connectivity index (χ1) is 14.4. The van der Waals surface area contributed by atoms with Crippen molar-refractivity contribution >= 4 is 40.9 Å². The molecule has 32 heavy (non-hydrogen) atoms. The van der Waals surface area contributed by atoms with E-state index in [-0.39, 0.29) is 4.57 Å². The number of hydrogen-bond acceptors (Lipinski definition) is 11. The largest absolute Gasteiger partial charge is 0.490 e. The van der Waals surface area contributed by atoms with Gasteiger partial charge in [0.25, 0.3) is 0 Å². The number of alkyl halides is 2. The van der Waals surface area contributed by atoms with Gasteiger partial charge in [-0.3, -0.25) is 9.09 Å². The zero-order chi connectivity index (χ0) is 24.7. The Balaban J connectivity index is 2.24. The lowest BCUT2D eigenvalue weighted by atomic mass is 9.99. The summed E-state index contributed by atoms with van der Waals surface area (Å²) >= 11 is 5.65. The van der Waals surface area contributed by atoms with Gasteiger partial charge in [-0.05, 0) is 0 Å². The smallest absolute Gasteiger partial charge is 0.387 e. The monoisotopic (exact) mass is 551 g/mol. The van der Waals surface area contributed by atoms with Crippen LogP contribution in [0.1, 0.15) is 6.23 Å². The molecule has 1 aliphatic heterocycles. The van der Waals surface area contributed by atoms with Crippen LogP contribution < -0.4 is 11.4 Å². The molecule has 1 saturated heterocycles. The molecule has 2 heterocycles. The summed E-state index contributed by atoms with van der Waals surface area (Å²) in [5.41, 5.74) is 1.42. The topological polar surface area (TPSA) is 250 Å². The SMILES string of the molecule is Nc1nc(=O)n([C@@H]2O[C@](CCl)(COP(=O)(O)OP(=O)(O)OP(=O)(O)O)[C@@H](O)[C@H]2F)cc1F. The van der Waals surface area contributed by atoms with Gasteiger partial charge in [0.2, 0.25) is 0 Å². The number of phosphoric ester groups is 1. The Kier molecular flexibility index (Phi) is 8.07. The molecule has 16 nitrogen and oxygen atoms in total. The molecule has 0 aromatic carbocycles. The Morgan fingerprint density at radius 1 is 1.25 bits per heavy atom. The minimum atomic E-state index is -5.85. The lowest BCUT2D eigenvalue weighted by Gasteiger charge is -2.29. The van der Waals surface area contributed by atoms with E-state index in [1.165, 1.54) is 0 Å². The minimum absolute atomic E-state index is 0.276. The first-order valence-corrected chi connectivity index (χ1v) is 12.9. The van der Waals surface area contributed by atoms with E-state index in [9.17, 15) is 37.3 Å². The van der Waals surface area contributed by atoms with Crippen LogP contribution >= 0.6 is 35.1 Å². The predicted molar refractivity (Wildman–Crippen MR) is 97.2 cm³/mol. The van der Waals surface area contributed by atoms with Gasteiger partial charge in [-0.1, -0.05) is 0 Å². The Morgan fingerprint density at radius 2 is 1.84 bits per heavy atom. The molecule has 1 aromatic rings. The fourth-order valence-corrected chi connectivity index (χ4v) is 5.81. The molecular weight excluding hydrogens is 536 g/mol. The fourth-order valence-electron chi connectivity index (χ4n) is 2.43. The van der Waals surface area contributed by atoms with Crippen LogP contribution in [0, 0.1) is 5.82 Å². The molecule has 0 radical (unpaired) electrons. The van der Waals surface area contributed by atoms with Crippen molar-refractivity contribution in [1.82, 2.24) is 9.55 Å². The van der Waals surface area contributed by atoms with Crippen LogP contribution in [-0.2, 0) is 31.6 Å². The molecule has 1 aromatic heterocycles.